The Hall–Kier alpha value is -2.71. The first-order valence-corrected chi connectivity index (χ1v) is 11.3. The van der Waals surface area contributed by atoms with E-state index in [4.69, 9.17) is 14.2 Å². The number of rotatable bonds is 6. The van der Waals surface area contributed by atoms with Crippen LogP contribution in [-0.4, -0.2) is 62.5 Å². The Morgan fingerprint density at radius 1 is 1.16 bits per heavy atom. The van der Waals surface area contributed by atoms with Crippen molar-refractivity contribution in [3.8, 4) is 11.5 Å². The predicted octanol–water partition coefficient (Wildman–Crippen LogP) is 2.90. The summed E-state index contributed by atoms with van der Waals surface area (Å²) in [4.78, 5) is 28.1. The van der Waals surface area contributed by atoms with Crippen LogP contribution in [0, 0.1) is 0 Å². The van der Waals surface area contributed by atoms with Crippen LogP contribution in [0.4, 0.5) is 0 Å². The van der Waals surface area contributed by atoms with E-state index in [2.05, 4.69) is 17.4 Å². The van der Waals surface area contributed by atoms with Gasteiger partial charge in [-0.2, -0.15) is 0 Å². The zero-order valence-corrected chi connectivity index (χ0v) is 18.3. The molecule has 1 saturated heterocycles. The zero-order chi connectivity index (χ0) is 21.6. The van der Waals surface area contributed by atoms with Gasteiger partial charge in [-0.3, -0.25) is 9.59 Å². The van der Waals surface area contributed by atoms with Gasteiger partial charge >= 0.3 is 0 Å². The summed E-state index contributed by atoms with van der Waals surface area (Å²) >= 11 is 1.82. The molecule has 0 aliphatic carbocycles. The van der Waals surface area contributed by atoms with E-state index in [-0.39, 0.29) is 24.5 Å². The summed E-state index contributed by atoms with van der Waals surface area (Å²) in [5.74, 6) is 1.55. The number of fused-ring (bicyclic) bond motifs is 1. The predicted molar refractivity (Wildman–Crippen MR) is 118 cm³/mol. The van der Waals surface area contributed by atoms with E-state index >= 15 is 0 Å². The van der Waals surface area contributed by atoms with Crippen LogP contribution >= 0.6 is 11.8 Å². The number of methoxy groups -OCH3 is 1. The number of carbonyl (C=O) groups is 2. The first-order valence-electron chi connectivity index (χ1n) is 10.3. The SMILES string of the molecule is COc1cc(C(=O)NC2CCSc3ccccc32)ccc1OCC(=O)N1CCOCC1. The van der Waals surface area contributed by atoms with Gasteiger partial charge in [-0.1, -0.05) is 18.2 Å². The van der Waals surface area contributed by atoms with Gasteiger partial charge in [0, 0.05) is 29.3 Å². The molecule has 2 amide bonds. The molecule has 8 heteroatoms. The number of hydrogen-bond acceptors (Lipinski definition) is 6. The molecular weight excluding hydrogens is 416 g/mol. The van der Waals surface area contributed by atoms with Gasteiger partial charge in [0.25, 0.3) is 11.8 Å². The van der Waals surface area contributed by atoms with Crippen LogP contribution in [0.3, 0.4) is 0 Å². The van der Waals surface area contributed by atoms with E-state index < -0.39 is 0 Å². The molecule has 7 nitrogen and oxygen atoms in total. The van der Waals surface area contributed by atoms with E-state index in [1.165, 1.54) is 12.0 Å². The van der Waals surface area contributed by atoms with Gasteiger partial charge in [0.1, 0.15) is 0 Å². The second-order valence-electron chi connectivity index (χ2n) is 7.35. The average molecular weight is 443 g/mol. The quantitative estimate of drug-likeness (QED) is 0.741. The van der Waals surface area contributed by atoms with Gasteiger partial charge < -0.3 is 24.4 Å². The summed E-state index contributed by atoms with van der Waals surface area (Å²) in [6.07, 6.45) is 0.884. The number of carbonyl (C=O) groups excluding carboxylic acids is 2. The van der Waals surface area contributed by atoms with Crippen molar-refractivity contribution in [1.29, 1.82) is 0 Å². The maximum atomic E-state index is 12.9. The Balaban J connectivity index is 1.40. The first-order chi connectivity index (χ1) is 15.2. The highest BCUT2D eigenvalue weighted by atomic mass is 32.2. The van der Waals surface area contributed by atoms with Crippen molar-refractivity contribution < 1.29 is 23.8 Å². The van der Waals surface area contributed by atoms with Crippen LogP contribution in [0.2, 0.25) is 0 Å². The summed E-state index contributed by atoms with van der Waals surface area (Å²) in [7, 11) is 1.52. The highest BCUT2D eigenvalue weighted by Crippen LogP contribution is 2.36. The number of ether oxygens (including phenoxy) is 3. The minimum Gasteiger partial charge on any atom is -0.493 e. The topological polar surface area (TPSA) is 77.1 Å². The fraction of sp³-hybridized carbons (Fsp3) is 0.391. The van der Waals surface area contributed by atoms with Gasteiger partial charge in [-0.25, -0.2) is 0 Å². The smallest absolute Gasteiger partial charge is 0.260 e. The van der Waals surface area contributed by atoms with Gasteiger partial charge in [-0.15, -0.1) is 11.8 Å². The molecule has 2 aliphatic heterocycles. The molecule has 1 N–H and O–H groups in total. The second-order valence-corrected chi connectivity index (χ2v) is 8.49. The lowest BCUT2D eigenvalue weighted by atomic mass is 10.0. The lowest BCUT2D eigenvalue weighted by molar-refractivity contribution is -0.137. The van der Waals surface area contributed by atoms with Gasteiger partial charge in [0.15, 0.2) is 18.1 Å². The van der Waals surface area contributed by atoms with Crippen molar-refractivity contribution in [2.24, 2.45) is 0 Å². The van der Waals surface area contributed by atoms with Gasteiger partial charge in [0.2, 0.25) is 0 Å². The fourth-order valence-corrected chi connectivity index (χ4v) is 4.83. The Labute approximate surface area is 186 Å². The molecule has 0 bridgehead atoms. The first kappa shape index (κ1) is 21.5. The fourth-order valence-electron chi connectivity index (χ4n) is 3.71. The van der Waals surface area contributed by atoms with Crippen LogP contribution < -0.4 is 14.8 Å². The van der Waals surface area contributed by atoms with Crippen molar-refractivity contribution in [2.75, 3.05) is 45.8 Å². The van der Waals surface area contributed by atoms with Crippen LogP contribution in [0.15, 0.2) is 47.4 Å². The highest BCUT2D eigenvalue weighted by Gasteiger charge is 2.23. The third kappa shape index (κ3) is 5.14. The van der Waals surface area contributed by atoms with Crippen molar-refractivity contribution in [2.45, 2.75) is 17.4 Å². The Morgan fingerprint density at radius 2 is 1.97 bits per heavy atom. The largest absolute Gasteiger partial charge is 0.493 e. The normalized spacial score (nSPS) is 18.1. The Morgan fingerprint density at radius 3 is 2.77 bits per heavy atom. The molecular formula is C23H26N2O5S. The molecule has 2 aromatic carbocycles. The number of hydrogen-bond donors (Lipinski definition) is 1. The maximum Gasteiger partial charge on any atom is 0.260 e. The van der Waals surface area contributed by atoms with E-state index in [0.717, 1.165) is 17.7 Å². The maximum absolute atomic E-state index is 12.9. The number of amides is 2. The zero-order valence-electron chi connectivity index (χ0n) is 17.5. The van der Waals surface area contributed by atoms with Crippen LogP contribution in [-0.2, 0) is 9.53 Å². The van der Waals surface area contributed by atoms with E-state index in [1.807, 2.05) is 23.9 Å². The number of nitrogens with one attached hydrogen (secondary N) is 1. The van der Waals surface area contributed by atoms with E-state index in [9.17, 15) is 9.59 Å². The number of thioether (sulfide) groups is 1. The Kier molecular flexibility index (Phi) is 6.99. The molecule has 164 valence electrons. The lowest BCUT2D eigenvalue weighted by Crippen LogP contribution is -2.43. The molecule has 2 aliphatic rings. The molecule has 0 spiro atoms. The molecule has 1 atom stereocenters. The summed E-state index contributed by atoms with van der Waals surface area (Å²) in [6.45, 7) is 2.15. The minimum atomic E-state index is -0.166. The van der Waals surface area contributed by atoms with Gasteiger partial charge in [0.05, 0.1) is 26.4 Å². The molecule has 0 saturated carbocycles. The van der Waals surface area contributed by atoms with Crippen LogP contribution in [0.25, 0.3) is 0 Å². The minimum absolute atomic E-state index is 0.0157. The molecule has 4 rings (SSSR count). The van der Waals surface area contributed by atoms with Crippen molar-refractivity contribution in [3.05, 3.63) is 53.6 Å². The summed E-state index contributed by atoms with van der Waals surface area (Å²) in [5.41, 5.74) is 1.64. The third-order valence-corrected chi connectivity index (χ3v) is 6.53. The van der Waals surface area contributed by atoms with Crippen LogP contribution in [0.1, 0.15) is 28.4 Å². The van der Waals surface area contributed by atoms with Crippen molar-refractivity contribution in [3.63, 3.8) is 0 Å². The summed E-state index contributed by atoms with van der Waals surface area (Å²) < 4.78 is 16.4. The molecule has 2 aromatic rings. The molecule has 0 radical (unpaired) electrons. The molecule has 1 unspecified atom stereocenters. The second kappa shape index (κ2) is 10.1. The molecule has 2 heterocycles. The lowest BCUT2D eigenvalue weighted by Gasteiger charge is -2.27. The number of nitrogens with zero attached hydrogens (tertiary/aromatic N) is 1. The van der Waals surface area contributed by atoms with Crippen LogP contribution in [0.5, 0.6) is 11.5 Å². The summed E-state index contributed by atoms with van der Waals surface area (Å²) in [6, 6.07) is 13.2. The standard InChI is InChI=1S/C23H26N2O5S/c1-28-20-14-16(6-7-19(20)30-15-22(26)25-9-11-29-12-10-25)23(27)24-18-8-13-31-21-5-3-2-4-17(18)21/h2-7,14,18H,8-13,15H2,1H3,(H,24,27). The number of benzene rings is 2. The Bertz CT molecular complexity index is 945. The molecule has 1 fully saturated rings. The molecule has 0 aromatic heterocycles. The average Bonchev–Trinajstić information content (AvgIpc) is 2.83. The monoisotopic (exact) mass is 442 g/mol. The summed E-state index contributed by atoms with van der Waals surface area (Å²) in [5, 5.41) is 3.13. The highest BCUT2D eigenvalue weighted by molar-refractivity contribution is 7.99. The van der Waals surface area contributed by atoms with Gasteiger partial charge in [-0.05, 0) is 36.2 Å². The van der Waals surface area contributed by atoms with Crippen molar-refractivity contribution >= 4 is 23.6 Å². The number of morpholine rings is 1. The van der Waals surface area contributed by atoms with E-state index in [1.54, 1.807) is 23.1 Å². The van der Waals surface area contributed by atoms with Crippen molar-refractivity contribution in [1.82, 2.24) is 10.2 Å². The third-order valence-electron chi connectivity index (χ3n) is 5.40. The van der Waals surface area contributed by atoms with E-state index in [0.29, 0.717) is 43.4 Å². The molecule has 31 heavy (non-hydrogen) atoms.